The van der Waals surface area contributed by atoms with Crippen molar-refractivity contribution in [2.75, 3.05) is 38.6 Å². The Labute approximate surface area is 116 Å². The van der Waals surface area contributed by atoms with Gasteiger partial charge >= 0.3 is 0 Å². The third-order valence-corrected chi connectivity index (χ3v) is 4.28. The molecule has 0 saturated carbocycles. The van der Waals surface area contributed by atoms with Crippen molar-refractivity contribution in [3.8, 4) is 0 Å². The fraction of sp³-hybridized carbons (Fsp3) is 0.667. The molecule has 19 heavy (non-hydrogen) atoms. The molecule has 0 bridgehead atoms. The molecule has 4 nitrogen and oxygen atoms in total. The summed E-state index contributed by atoms with van der Waals surface area (Å²) in [7, 11) is 4.20. The van der Waals surface area contributed by atoms with Gasteiger partial charge in [-0.1, -0.05) is 13.0 Å². The van der Waals surface area contributed by atoms with Crippen molar-refractivity contribution in [1.29, 1.82) is 0 Å². The van der Waals surface area contributed by atoms with E-state index in [9.17, 15) is 0 Å². The number of piperazine rings is 1. The molecule has 2 atom stereocenters. The lowest BCUT2D eigenvalue weighted by atomic mass is 10.1. The first kappa shape index (κ1) is 14.3. The Hall–Kier alpha value is -1.13. The SMILES string of the molecule is CCC1CN(c2ccc(C(C)NC)cn2)CCN1C. The average molecular weight is 262 g/mol. The second-order valence-corrected chi connectivity index (χ2v) is 5.45. The number of rotatable bonds is 4. The van der Waals surface area contributed by atoms with Crippen LogP contribution in [0.1, 0.15) is 31.9 Å². The molecule has 0 radical (unpaired) electrons. The first-order valence-electron chi connectivity index (χ1n) is 7.24. The van der Waals surface area contributed by atoms with E-state index in [0.717, 1.165) is 25.5 Å². The molecule has 0 amide bonds. The summed E-state index contributed by atoms with van der Waals surface area (Å²) in [5, 5.41) is 3.24. The smallest absolute Gasteiger partial charge is 0.128 e. The molecule has 0 spiro atoms. The van der Waals surface area contributed by atoms with Crippen LogP contribution >= 0.6 is 0 Å². The van der Waals surface area contributed by atoms with Gasteiger partial charge in [0.1, 0.15) is 5.82 Å². The Morgan fingerprint density at radius 1 is 1.42 bits per heavy atom. The molecule has 4 heteroatoms. The van der Waals surface area contributed by atoms with E-state index in [1.54, 1.807) is 0 Å². The standard InChI is InChI=1S/C15H26N4/c1-5-14-11-19(9-8-18(14)4)15-7-6-13(10-17-15)12(2)16-3/h6-7,10,12,14,16H,5,8-9,11H2,1-4H3. The minimum Gasteiger partial charge on any atom is -0.354 e. The highest BCUT2D eigenvalue weighted by atomic mass is 15.3. The van der Waals surface area contributed by atoms with Gasteiger partial charge < -0.3 is 10.2 Å². The first-order chi connectivity index (χ1) is 9.15. The number of anilines is 1. The second-order valence-electron chi connectivity index (χ2n) is 5.45. The molecular formula is C15H26N4. The largest absolute Gasteiger partial charge is 0.354 e. The summed E-state index contributed by atoms with van der Waals surface area (Å²) in [6, 6.07) is 5.34. The summed E-state index contributed by atoms with van der Waals surface area (Å²) in [6.45, 7) is 7.69. The monoisotopic (exact) mass is 262 g/mol. The molecule has 2 rings (SSSR count). The Kier molecular flexibility index (Phi) is 4.77. The van der Waals surface area contributed by atoms with Crippen LogP contribution in [0.15, 0.2) is 18.3 Å². The van der Waals surface area contributed by atoms with Crippen molar-refractivity contribution in [1.82, 2.24) is 15.2 Å². The van der Waals surface area contributed by atoms with E-state index in [4.69, 9.17) is 0 Å². The fourth-order valence-electron chi connectivity index (χ4n) is 2.60. The van der Waals surface area contributed by atoms with Gasteiger partial charge in [-0.05, 0) is 39.1 Å². The van der Waals surface area contributed by atoms with Gasteiger partial charge in [-0.15, -0.1) is 0 Å². The van der Waals surface area contributed by atoms with Gasteiger partial charge in [0, 0.05) is 37.9 Å². The Morgan fingerprint density at radius 3 is 2.79 bits per heavy atom. The minimum atomic E-state index is 0.359. The lowest BCUT2D eigenvalue weighted by Gasteiger charge is -2.39. The Balaban J connectivity index is 2.06. The minimum absolute atomic E-state index is 0.359. The Bertz CT molecular complexity index is 390. The molecule has 0 aromatic carbocycles. The number of hydrogen-bond donors (Lipinski definition) is 1. The van der Waals surface area contributed by atoms with E-state index in [0.29, 0.717) is 12.1 Å². The number of pyridine rings is 1. The van der Waals surface area contributed by atoms with Crippen LogP contribution in [-0.2, 0) is 0 Å². The van der Waals surface area contributed by atoms with Crippen molar-refractivity contribution in [2.45, 2.75) is 32.4 Å². The van der Waals surface area contributed by atoms with Crippen molar-refractivity contribution in [3.63, 3.8) is 0 Å². The van der Waals surface area contributed by atoms with Crippen molar-refractivity contribution in [3.05, 3.63) is 23.9 Å². The quantitative estimate of drug-likeness (QED) is 0.898. The zero-order valence-corrected chi connectivity index (χ0v) is 12.6. The normalized spacial score (nSPS) is 22.5. The number of nitrogens with one attached hydrogen (secondary N) is 1. The predicted octanol–water partition coefficient (Wildman–Crippen LogP) is 1.89. The number of nitrogens with zero attached hydrogens (tertiary/aromatic N) is 3. The molecule has 0 aliphatic carbocycles. The lowest BCUT2D eigenvalue weighted by molar-refractivity contribution is 0.213. The molecule has 106 valence electrons. The van der Waals surface area contributed by atoms with E-state index >= 15 is 0 Å². The summed E-state index contributed by atoms with van der Waals surface area (Å²) < 4.78 is 0. The van der Waals surface area contributed by atoms with Gasteiger partial charge in [0.15, 0.2) is 0 Å². The second kappa shape index (κ2) is 6.35. The molecule has 2 heterocycles. The average Bonchev–Trinajstić information content (AvgIpc) is 2.47. The zero-order chi connectivity index (χ0) is 13.8. The summed E-state index contributed by atoms with van der Waals surface area (Å²) >= 11 is 0. The molecular weight excluding hydrogens is 236 g/mol. The lowest BCUT2D eigenvalue weighted by Crippen LogP contribution is -2.51. The van der Waals surface area contributed by atoms with Gasteiger partial charge in [0.25, 0.3) is 0 Å². The van der Waals surface area contributed by atoms with E-state index in [-0.39, 0.29) is 0 Å². The molecule has 2 unspecified atom stereocenters. The van der Waals surface area contributed by atoms with Crippen LogP contribution in [0.3, 0.4) is 0 Å². The maximum absolute atomic E-state index is 4.63. The molecule has 1 aliphatic heterocycles. The molecule has 1 aromatic rings. The van der Waals surface area contributed by atoms with Gasteiger partial charge in [-0.25, -0.2) is 4.98 Å². The molecule has 1 aliphatic rings. The van der Waals surface area contributed by atoms with Gasteiger partial charge in [-0.2, -0.15) is 0 Å². The third kappa shape index (κ3) is 3.25. The number of likely N-dealkylation sites (N-methyl/N-ethyl adjacent to an activating group) is 1. The number of aromatic nitrogens is 1. The highest BCUT2D eigenvalue weighted by Crippen LogP contribution is 2.19. The molecule has 1 saturated heterocycles. The van der Waals surface area contributed by atoms with Crippen LogP contribution in [0.5, 0.6) is 0 Å². The molecule has 1 aromatic heterocycles. The van der Waals surface area contributed by atoms with Crippen LogP contribution in [0.25, 0.3) is 0 Å². The van der Waals surface area contributed by atoms with Crippen LogP contribution in [0.4, 0.5) is 5.82 Å². The molecule has 1 N–H and O–H groups in total. The maximum Gasteiger partial charge on any atom is 0.128 e. The summed E-state index contributed by atoms with van der Waals surface area (Å²) in [4.78, 5) is 9.49. The van der Waals surface area contributed by atoms with E-state index in [1.807, 2.05) is 13.2 Å². The van der Waals surface area contributed by atoms with Crippen molar-refractivity contribution < 1.29 is 0 Å². The topological polar surface area (TPSA) is 31.4 Å². The summed E-state index contributed by atoms with van der Waals surface area (Å²) in [5.41, 5.74) is 1.24. The zero-order valence-electron chi connectivity index (χ0n) is 12.6. The fourth-order valence-corrected chi connectivity index (χ4v) is 2.60. The maximum atomic E-state index is 4.63. The number of hydrogen-bond acceptors (Lipinski definition) is 4. The van der Waals surface area contributed by atoms with E-state index < -0.39 is 0 Å². The van der Waals surface area contributed by atoms with Gasteiger partial charge in [0.05, 0.1) is 0 Å². The highest BCUT2D eigenvalue weighted by molar-refractivity contribution is 5.40. The van der Waals surface area contributed by atoms with Crippen LogP contribution in [0, 0.1) is 0 Å². The van der Waals surface area contributed by atoms with Crippen LogP contribution < -0.4 is 10.2 Å². The van der Waals surface area contributed by atoms with E-state index in [1.165, 1.54) is 12.0 Å². The summed E-state index contributed by atoms with van der Waals surface area (Å²) in [5.74, 6) is 1.11. The van der Waals surface area contributed by atoms with Crippen LogP contribution in [-0.4, -0.2) is 49.7 Å². The predicted molar refractivity (Wildman–Crippen MR) is 80.6 cm³/mol. The van der Waals surface area contributed by atoms with Gasteiger partial charge in [0.2, 0.25) is 0 Å². The van der Waals surface area contributed by atoms with Crippen LogP contribution in [0.2, 0.25) is 0 Å². The first-order valence-corrected chi connectivity index (χ1v) is 7.24. The third-order valence-electron chi connectivity index (χ3n) is 4.28. The highest BCUT2D eigenvalue weighted by Gasteiger charge is 2.23. The van der Waals surface area contributed by atoms with E-state index in [2.05, 4.69) is 53.1 Å². The molecule has 1 fully saturated rings. The van der Waals surface area contributed by atoms with Gasteiger partial charge in [-0.3, -0.25) is 4.90 Å². The Morgan fingerprint density at radius 2 is 2.21 bits per heavy atom. The summed E-state index contributed by atoms with van der Waals surface area (Å²) in [6.07, 6.45) is 3.19. The van der Waals surface area contributed by atoms with Crippen molar-refractivity contribution >= 4 is 5.82 Å². The van der Waals surface area contributed by atoms with Crippen molar-refractivity contribution in [2.24, 2.45) is 0 Å².